The van der Waals surface area contributed by atoms with Crippen LogP contribution in [0.5, 0.6) is 0 Å². The number of allylic oxidation sites excluding steroid dienone is 7. The SMILES string of the molecule is C1=CCc2c(c3ccccc3n2C23C=CC(c4ccc(-n5c6ccccc6c6ccccc65)cc4)=CC2C3)C=C1. The zero-order chi connectivity index (χ0) is 26.3. The van der Waals surface area contributed by atoms with Crippen LogP contribution in [-0.2, 0) is 12.0 Å². The fourth-order valence-corrected chi connectivity index (χ4v) is 7.31. The molecule has 4 aromatic carbocycles. The number of hydrogen-bond acceptors (Lipinski definition) is 0. The lowest BCUT2D eigenvalue weighted by Crippen LogP contribution is -2.21. The molecular weight excluding hydrogens is 484 g/mol. The van der Waals surface area contributed by atoms with Crippen molar-refractivity contribution in [2.75, 3.05) is 0 Å². The minimum atomic E-state index is 0.0472. The van der Waals surface area contributed by atoms with Gasteiger partial charge in [-0.05, 0) is 47.9 Å². The lowest BCUT2D eigenvalue weighted by molar-refractivity contribution is 0.565. The maximum Gasteiger partial charge on any atom is 0.0704 e. The number of benzene rings is 4. The Morgan fingerprint density at radius 3 is 2.05 bits per heavy atom. The van der Waals surface area contributed by atoms with Gasteiger partial charge in [-0.2, -0.15) is 0 Å². The highest BCUT2D eigenvalue weighted by Gasteiger charge is 2.55. The smallest absolute Gasteiger partial charge is 0.0704 e. The van der Waals surface area contributed by atoms with Gasteiger partial charge in [0.2, 0.25) is 0 Å². The molecule has 2 heterocycles. The molecular formula is C38H28N2. The highest BCUT2D eigenvalue weighted by atomic mass is 15.1. The van der Waals surface area contributed by atoms with Crippen LogP contribution in [0.4, 0.5) is 0 Å². The summed E-state index contributed by atoms with van der Waals surface area (Å²) in [6, 6.07) is 35.5. The molecule has 40 heavy (non-hydrogen) atoms. The van der Waals surface area contributed by atoms with Crippen LogP contribution in [0, 0.1) is 5.92 Å². The molecule has 190 valence electrons. The third-order valence-corrected chi connectivity index (χ3v) is 9.25. The molecule has 3 aliphatic rings. The highest BCUT2D eigenvalue weighted by molar-refractivity contribution is 6.09. The molecule has 6 aromatic rings. The summed E-state index contributed by atoms with van der Waals surface area (Å²) in [6.07, 6.45) is 18.4. The topological polar surface area (TPSA) is 9.86 Å². The quantitative estimate of drug-likeness (QED) is 0.224. The Labute approximate surface area is 233 Å². The van der Waals surface area contributed by atoms with E-state index in [1.165, 1.54) is 60.8 Å². The monoisotopic (exact) mass is 512 g/mol. The van der Waals surface area contributed by atoms with Crippen molar-refractivity contribution < 1.29 is 0 Å². The molecule has 1 saturated carbocycles. The maximum absolute atomic E-state index is 2.65. The molecule has 3 aliphatic carbocycles. The third kappa shape index (κ3) is 2.99. The number of hydrogen-bond donors (Lipinski definition) is 0. The number of para-hydroxylation sites is 3. The lowest BCUT2D eigenvalue weighted by Gasteiger charge is -2.23. The number of aromatic nitrogens is 2. The molecule has 0 spiro atoms. The van der Waals surface area contributed by atoms with E-state index in [4.69, 9.17) is 0 Å². The average molecular weight is 513 g/mol. The Bertz CT molecular complexity index is 2060. The average Bonchev–Trinajstić information content (AvgIpc) is 3.62. The van der Waals surface area contributed by atoms with Crippen LogP contribution in [0.2, 0.25) is 0 Å². The van der Waals surface area contributed by atoms with Crippen LogP contribution in [0.15, 0.2) is 134 Å². The Kier molecular flexibility index (Phi) is 4.46. The molecule has 9 rings (SSSR count). The molecule has 2 nitrogen and oxygen atoms in total. The molecule has 2 aromatic heterocycles. The van der Waals surface area contributed by atoms with E-state index in [1.54, 1.807) is 0 Å². The first kappa shape index (κ1) is 22.0. The van der Waals surface area contributed by atoms with Crippen LogP contribution >= 0.6 is 0 Å². The summed E-state index contributed by atoms with van der Waals surface area (Å²) < 4.78 is 5.04. The third-order valence-electron chi connectivity index (χ3n) is 9.25. The van der Waals surface area contributed by atoms with Gasteiger partial charge in [0.05, 0.1) is 16.6 Å². The van der Waals surface area contributed by atoms with Gasteiger partial charge in [-0.3, -0.25) is 0 Å². The molecule has 0 radical (unpaired) electrons. The van der Waals surface area contributed by atoms with Gasteiger partial charge in [0.25, 0.3) is 0 Å². The number of nitrogens with zero attached hydrogens (tertiary/aromatic N) is 2. The zero-order valence-electron chi connectivity index (χ0n) is 22.2. The van der Waals surface area contributed by atoms with Crippen molar-refractivity contribution in [3.63, 3.8) is 0 Å². The van der Waals surface area contributed by atoms with Crippen molar-refractivity contribution in [3.05, 3.63) is 150 Å². The molecule has 0 saturated heterocycles. The second-order valence-corrected chi connectivity index (χ2v) is 11.4. The van der Waals surface area contributed by atoms with Gasteiger partial charge in [0.1, 0.15) is 0 Å². The van der Waals surface area contributed by atoms with Gasteiger partial charge < -0.3 is 9.13 Å². The second kappa shape index (κ2) is 8.09. The van der Waals surface area contributed by atoms with Crippen molar-refractivity contribution in [1.82, 2.24) is 9.13 Å². The van der Waals surface area contributed by atoms with Crippen LogP contribution < -0.4 is 0 Å². The zero-order valence-corrected chi connectivity index (χ0v) is 22.2. The van der Waals surface area contributed by atoms with Crippen molar-refractivity contribution in [2.45, 2.75) is 18.4 Å². The summed E-state index contributed by atoms with van der Waals surface area (Å²) in [5.74, 6) is 0.514. The molecule has 1 fully saturated rings. The maximum atomic E-state index is 2.65. The van der Waals surface area contributed by atoms with E-state index in [9.17, 15) is 0 Å². The van der Waals surface area contributed by atoms with Crippen molar-refractivity contribution >= 4 is 44.4 Å². The molecule has 0 N–H and O–H groups in total. The van der Waals surface area contributed by atoms with Crippen molar-refractivity contribution in [1.29, 1.82) is 0 Å². The molecule has 2 atom stereocenters. The predicted molar refractivity (Wildman–Crippen MR) is 168 cm³/mol. The number of rotatable bonds is 3. The first-order chi connectivity index (χ1) is 19.8. The lowest BCUT2D eigenvalue weighted by atomic mass is 9.96. The van der Waals surface area contributed by atoms with Crippen LogP contribution in [0.3, 0.4) is 0 Å². The Balaban J connectivity index is 1.09. The van der Waals surface area contributed by atoms with Crippen LogP contribution in [-0.4, -0.2) is 9.13 Å². The highest BCUT2D eigenvalue weighted by Crippen LogP contribution is 2.58. The Hall–Kier alpha value is -4.82. The largest absolute Gasteiger partial charge is 0.333 e. The van der Waals surface area contributed by atoms with Gasteiger partial charge in [-0.1, -0.05) is 109 Å². The minimum absolute atomic E-state index is 0.0472. The predicted octanol–water partition coefficient (Wildman–Crippen LogP) is 9.23. The summed E-state index contributed by atoms with van der Waals surface area (Å²) in [5.41, 5.74) is 10.5. The van der Waals surface area contributed by atoms with Crippen molar-refractivity contribution in [3.8, 4) is 5.69 Å². The fourth-order valence-electron chi connectivity index (χ4n) is 7.31. The van der Waals surface area contributed by atoms with Gasteiger partial charge in [0, 0.05) is 51.0 Å². The number of fused-ring (bicyclic) bond motifs is 7. The molecule has 2 unspecified atom stereocenters. The van der Waals surface area contributed by atoms with Gasteiger partial charge in [-0.25, -0.2) is 0 Å². The molecule has 0 aliphatic heterocycles. The molecule has 0 bridgehead atoms. The minimum Gasteiger partial charge on any atom is -0.333 e. The first-order valence-electron chi connectivity index (χ1n) is 14.3. The van der Waals surface area contributed by atoms with Gasteiger partial charge >= 0.3 is 0 Å². The van der Waals surface area contributed by atoms with E-state index < -0.39 is 0 Å². The molecule has 0 amide bonds. The standard InChI is InChI=1S/C38H28N2/c1-2-10-32-33-13-6-9-17-37(33)40(36(32)16-3-1)38-23-22-27(24-28(38)25-38)26-18-20-29(21-19-26)39-34-14-7-4-11-30(34)31-12-5-8-15-35(31)39/h1-15,17-24,28H,16,25H2. The van der Waals surface area contributed by atoms with E-state index in [0.29, 0.717) is 5.92 Å². The normalized spacial score (nSPS) is 21.0. The first-order valence-corrected chi connectivity index (χ1v) is 14.3. The fraction of sp³-hybridized carbons (Fsp3) is 0.105. The van der Waals surface area contributed by atoms with E-state index in [0.717, 1.165) is 12.8 Å². The van der Waals surface area contributed by atoms with Crippen LogP contribution in [0.25, 0.3) is 50.0 Å². The second-order valence-electron chi connectivity index (χ2n) is 11.4. The van der Waals surface area contributed by atoms with E-state index in [-0.39, 0.29) is 5.54 Å². The van der Waals surface area contributed by atoms with Crippen molar-refractivity contribution in [2.24, 2.45) is 5.92 Å². The Morgan fingerprint density at radius 2 is 1.32 bits per heavy atom. The summed E-state index contributed by atoms with van der Waals surface area (Å²) >= 11 is 0. The van der Waals surface area contributed by atoms with E-state index in [2.05, 4.69) is 149 Å². The Morgan fingerprint density at radius 1 is 0.650 bits per heavy atom. The van der Waals surface area contributed by atoms with Gasteiger partial charge in [0.15, 0.2) is 0 Å². The van der Waals surface area contributed by atoms with Crippen LogP contribution in [0.1, 0.15) is 23.2 Å². The summed E-state index contributed by atoms with van der Waals surface area (Å²) in [7, 11) is 0. The van der Waals surface area contributed by atoms with Gasteiger partial charge in [-0.15, -0.1) is 0 Å². The van der Waals surface area contributed by atoms with E-state index in [1.807, 2.05) is 0 Å². The summed E-state index contributed by atoms with van der Waals surface area (Å²) in [6.45, 7) is 0. The summed E-state index contributed by atoms with van der Waals surface area (Å²) in [4.78, 5) is 0. The summed E-state index contributed by atoms with van der Waals surface area (Å²) in [5, 5.41) is 3.96. The molecule has 2 heteroatoms. The van der Waals surface area contributed by atoms with E-state index >= 15 is 0 Å².